The maximum absolute atomic E-state index is 5.53. The van der Waals surface area contributed by atoms with E-state index in [1.165, 1.54) is 16.7 Å². The molecule has 140 valence electrons. The standard InChI is InChI=1S/C22H26N4S/c1-15-9-8-10-19(13-15)14-26-18(4)21(17(3)25-26)24-22(27)23-16(2)20-11-6-5-7-12-20/h5-13,16H,14H2,1-4H3,(H2,23,24,27). The molecular formula is C22H26N4S. The van der Waals surface area contributed by atoms with E-state index in [-0.39, 0.29) is 6.04 Å². The molecule has 2 N–H and O–H groups in total. The number of benzene rings is 2. The predicted molar refractivity (Wildman–Crippen MR) is 116 cm³/mol. The normalized spacial score (nSPS) is 11.9. The Morgan fingerprint density at radius 1 is 1.07 bits per heavy atom. The molecule has 1 heterocycles. The molecule has 1 aromatic heterocycles. The van der Waals surface area contributed by atoms with E-state index in [1.54, 1.807) is 0 Å². The van der Waals surface area contributed by atoms with Crippen LogP contribution in [0.2, 0.25) is 0 Å². The Hall–Kier alpha value is -2.66. The van der Waals surface area contributed by atoms with Crippen molar-refractivity contribution in [2.45, 2.75) is 40.3 Å². The summed E-state index contributed by atoms with van der Waals surface area (Å²) >= 11 is 5.53. The summed E-state index contributed by atoms with van der Waals surface area (Å²) in [6.07, 6.45) is 0. The second kappa shape index (κ2) is 8.35. The van der Waals surface area contributed by atoms with Gasteiger partial charge in [0, 0.05) is 0 Å². The SMILES string of the molecule is Cc1cccc(Cn2nc(C)c(NC(=S)NC(C)c3ccccc3)c2C)c1. The molecule has 2 aromatic carbocycles. The van der Waals surface area contributed by atoms with Crippen LogP contribution in [0.5, 0.6) is 0 Å². The number of nitrogens with zero attached hydrogens (tertiary/aromatic N) is 2. The number of nitrogens with one attached hydrogen (secondary N) is 2. The Bertz CT molecular complexity index is 931. The lowest BCUT2D eigenvalue weighted by Gasteiger charge is -2.17. The van der Waals surface area contributed by atoms with Crippen molar-refractivity contribution in [1.29, 1.82) is 0 Å². The fraction of sp³-hybridized carbons (Fsp3) is 0.273. The molecule has 0 spiro atoms. The highest BCUT2D eigenvalue weighted by molar-refractivity contribution is 7.80. The van der Waals surface area contributed by atoms with Crippen LogP contribution in [0.3, 0.4) is 0 Å². The highest BCUT2D eigenvalue weighted by Gasteiger charge is 2.14. The zero-order valence-electron chi connectivity index (χ0n) is 16.3. The highest BCUT2D eigenvalue weighted by atomic mass is 32.1. The maximum atomic E-state index is 5.53. The van der Waals surface area contributed by atoms with Crippen molar-refractivity contribution in [3.63, 3.8) is 0 Å². The lowest BCUT2D eigenvalue weighted by molar-refractivity contribution is 0.659. The minimum atomic E-state index is 0.133. The summed E-state index contributed by atoms with van der Waals surface area (Å²) in [6.45, 7) is 9.03. The summed E-state index contributed by atoms with van der Waals surface area (Å²) in [6, 6.07) is 18.9. The molecule has 0 bridgehead atoms. The lowest BCUT2D eigenvalue weighted by Crippen LogP contribution is -2.31. The molecule has 0 fully saturated rings. The van der Waals surface area contributed by atoms with Gasteiger partial charge >= 0.3 is 0 Å². The molecule has 3 rings (SSSR count). The van der Waals surface area contributed by atoms with E-state index in [9.17, 15) is 0 Å². The van der Waals surface area contributed by atoms with E-state index in [0.29, 0.717) is 5.11 Å². The van der Waals surface area contributed by atoms with Crippen molar-refractivity contribution in [2.24, 2.45) is 0 Å². The van der Waals surface area contributed by atoms with Crippen molar-refractivity contribution in [3.05, 3.63) is 82.7 Å². The molecule has 1 atom stereocenters. The van der Waals surface area contributed by atoms with Gasteiger partial charge in [-0.3, -0.25) is 4.68 Å². The van der Waals surface area contributed by atoms with Gasteiger partial charge in [-0.25, -0.2) is 0 Å². The minimum Gasteiger partial charge on any atom is -0.356 e. The molecule has 0 saturated carbocycles. The predicted octanol–water partition coefficient (Wildman–Crippen LogP) is 4.90. The highest BCUT2D eigenvalue weighted by Crippen LogP contribution is 2.21. The molecule has 0 aliphatic rings. The van der Waals surface area contributed by atoms with Crippen molar-refractivity contribution < 1.29 is 0 Å². The van der Waals surface area contributed by atoms with Gasteiger partial charge < -0.3 is 10.6 Å². The van der Waals surface area contributed by atoms with Gasteiger partial charge in [0.05, 0.1) is 29.7 Å². The Morgan fingerprint density at radius 3 is 2.52 bits per heavy atom. The number of aryl methyl sites for hydroxylation is 2. The summed E-state index contributed by atoms with van der Waals surface area (Å²) in [5, 5.41) is 12.0. The van der Waals surface area contributed by atoms with Crippen LogP contribution < -0.4 is 10.6 Å². The topological polar surface area (TPSA) is 41.9 Å². The van der Waals surface area contributed by atoms with Gasteiger partial charge in [-0.05, 0) is 51.0 Å². The Labute approximate surface area is 166 Å². The summed E-state index contributed by atoms with van der Waals surface area (Å²) in [5.41, 5.74) is 6.69. The first-order chi connectivity index (χ1) is 12.9. The van der Waals surface area contributed by atoms with Crippen LogP contribution in [0, 0.1) is 20.8 Å². The number of hydrogen-bond acceptors (Lipinski definition) is 2. The zero-order valence-corrected chi connectivity index (χ0v) is 17.1. The number of anilines is 1. The molecule has 3 aromatic rings. The van der Waals surface area contributed by atoms with Crippen LogP contribution in [0.1, 0.15) is 41.0 Å². The summed E-state index contributed by atoms with van der Waals surface area (Å²) in [4.78, 5) is 0. The molecule has 0 radical (unpaired) electrons. The van der Waals surface area contributed by atoms with Crippen LogP contribution in [-0.4, -0.2) is 14.9 Å². The third-order valence-electron chi connectivity index (χ3n) is 4.68. The monoisotopic (exact) mass is 378 g/mol. The second-order valence-electron chi connectivity index (χ2n) is 6.92. The van der Waals surface area contributed by atoms with E-state index in [1.807, 2.05) is 29.8 Å². The van der Waals surface area contributed by atoms with Crippen molar-refractivity contribution in [2.75, 3.05) is 5.32 Å². The van der Waals surface area contributed by atoms with Crippen molar-refractivity contribution in [1.82, 2.24) is 15.1 Å². The quantitative estimate of drug-likeness (QED) is 0.620. The van der Waals surface area contributed by atoms with E-state index in [4.69, 9.17) is 17.3 Å². The van der Waals surface area contributed by atoms with Gasteiger partial charge in [0.2, 0.25) is 0 Å². The van der Waals surface area contributed by atoms with Gasteiger partial charge in [0.15, 0.2) is 5.11 Å². The fourth-order valence-electron chi connectivity index (χ4n) is 3.19. The van der Waals surface area contributed by atoms with Gasteiger partial charge in [-0.1, -0.05) is 60.2 Å². The Balaban J connectivity index is 1.70. The Morgan fingerprint density at radius 2 is 1.81 bits per heavy atom. The molecule has 0 aliphatic heterocycles. The first kappa shape index (κ1) is 19.1. The second-order valence-corrected chi connectivity index (χ2v) is 7.33. The van der Waals surface area contributed by atoms with Crippen LogP contribution >= 0.6 is 12.2 Å². The number of rotatable bonds is 5. The van der Waals surface area contributed by atoms with E-state index in [0.717, 1.165) is 23.6 Å². The number of hydrogen-bond donors (Lipinski definition) is 2. The van der Waals surface area contributed by atoms with Crippen LogP contribution in [0.4, 0.5) is 5.69 Å². The zero-order chi connectivity index (χ0) is 19.4. The average molecular weight is 379 g/mol. The first-order valence-electron chi connectivity index (χ1n) is 9.16. The van der Waals surface area contributed by atoms with Crippen LogP contribution in [0.25, 0.3) is 0 Å². The lowest BCUT2D eigenvalue weighted by atomic mass is 10.1. The number of thiocarbonyl (C=S) groups is 1. The molecule has 0 amide bonds. The summed E-state index contributed by atoms with van der Waals surface area (Å²) in [5.74, 6) is 0. The first-order valence-corrected chi connectivity index (χ1v) is 9.57. The van der Waals surface area contributed by atoms with Crippen molar-refractivity contribution in [3.8, 4) is 0 Å². The molecule has 0 aliphatic carbocycles. The molecule has 1 unspecified atom stereocenters. The third kappa shape index (κ3) is 4.74. The third-order valence-corrected chi connectivity index (χ3v) is 4.90. The molecule has 27 heavy (non-hydrogen) atoms. The molecule has 4 nitrogen and oxygen atoms in total. The fourth-order valence-corrected chi connectivity index (χ4v) is 3.47. The summed E-state index contributed by atoms with van der Waals surface area (Å²) < 4.78 is 2.02. The van der Waals surface area contributed by atoms with Crippen LogP contribution in [0.15, 0.2) is 54.6 Å². The molecule has 5 heteroatoms. The van der Waals surface area contributed by atoms with E-state index in [2.05, 4.69) is 67.8 Å². The largest absolute Gasteiger partial charge is 0.356 e. The van der Waals surface area contributed by atoms with Gasteiger partial charge in [0.1, 0.15) is 0 Å². The minimum absolute atomic E-state index is 0.133. The number of aromatic nitrogens is 2. The average Bonchev–Trinajstić information content (AvgIpc) is 2.90. The summed E-state index contributed by atoms with van der Waals surface area (Å²) in [7, 11) is 0. The van der Waals surface area contributed by atoms with Crippen LogP contribution in [-0.2, 0) is 6.54 Å². The van der Waals surface area contributed by atoms with Gasteiger partial charge in [-0.2, -0.15) is 5.10 Å². The van der Waals surface area contributed by atoms with E-state index < -0.39 is 0 Å². The van der Waals surface area contributed by atoms with Crippen molar-refractivity contribution >= 4 is 23.0 Å². The molecular weight excluding hydrogens is 352 g/mol. The Kier molecular flexibility index (Phi) is 5.91. The molecule has 0 saturated heterocycles. The maximum Gasteiger partial charge on any atom is 0.171 e. The smallest absolute Gasteiger partial charge is 0.171 e. The van der Waals surface area contributed by atoms with Gasteiger partial charge in [-0.15, -0.1) is 0 Å². The van der Waals surface area contributed by atoms with E-state index >= 15 is 0 Å². The van der Waals surface area contributed by atoms with Gasteiger partial charge in [0.25, 0.3) is 0 Å².